The Bertz CT molecular complexity index is 399. The molecule has 2 N–H and O–H groups in total. The molecule has 0 aromatic heterocycles. The summed E-state index contributed by atoms with van der Waals surface area (Å²) >= 11 is 0. The van der Waals surface area contributed by atoms with Gasteiger partial charge in [0, 0.05) is 25.7 Å². The van der Waals surface area contributed by atoms with Gasteiger partial charge in [0.1, 0.15) is 0 Å². The minimum Gasteiger partial charge on any atom is -0.329 e. The van der Waals surface area contributed by atoms with Crippen LogP contribution in [-0.2, 0) is 12.7 Å². The molecule has 0 bridgehead atoms. The third kappa shape index (κ3) is 3.46. The third-order valence-corrected chi connectivity index (χ3v) is 3.12. The first kappa shape index (κ1) is 13.4. The van der Waals surface area contributed by atoms with Crippen LogP contribution in [0.3, 0.4) is 0 Å². The molecule has 1 fully saturated rings. The summed E-state index contributed by atoms with van der Waals surface area (Å²) in [6, 6.07) is 6.04. The minimum atomic E-state index is -4.27. The topological polar surface area (TPSA) is 29.3 Å². The molecule has 1 aliphatic rings. The van der Waals surface area contributed by atoms with Crippen LogP contribution >= 0.6 is 0 Å². The van der Waals surface area contributed by atoms with E-state index in [0.717, 1.165) is 25.5 Å². The maximum Gasteiger partial charge on any atom is 0.416 e. The van der Waals surface area contributed by atoms with Gasteiger partial charge in [-0.25, -0.2) is 0 Å². The molecule has 2 nitrogen and oxygen atoms in total. The quantitative estimate of drug-likeness (QED) is 0.879. The van der Waals surface area contributed by atoms with E-state index in [9.17, 15) is 13.2 Å². The molecule has 100 valence electrons. The van der Waals surface area contributed by atoms with E-state index >= 15 is 0 Å². The number of benzene rings is 1. The van der Waals surface area contributed by atoms with Gasteiger partial charge < -0.3 is 5.73 Å². The molecule has 1 saturated carbocycles. The van der Waals surface area contributed by atoms with E-state index in [4.69, 9.17) is 5.73 Å². The molecule has 2 rings (SSSR count). The fraction of sp³-hybridized carbons (Fsp3) is 0.538. The lowest BCUT2D eigenvalue weighted by molar-refractivity contribution is -0.137. The van der Waals surface area contributed by atoms with Gasteiger partial charge in [0.25, 0.3) is 0 Å². The first-order valence-corrected chi connectivity index (χ1v) is 6.11. The molecule has 0 saturated heterocycles. The number of hydrogen-bond donors (Lipinski definition) is 1. The summed E-state index contributed by atoms with van der Waals surface area (Å²) < 4.78 is 37.8. The standard InChI is InChI=1S/C13H17F3N2/c14-13(15,16)11-3-1-2-10(8-11)9-18(7-6-17)12-4-5-12/h1-3,8,12H,4-7,9,17H2. The lowest BCUT2D eigenvalue weighted by atomic mass is 10.1. The molecule has 0 unspecified atom stereocenters. The molecule has 0 atom stereocenters. The van der Waals surface area contributed by atoms with Crippen LogP contribution in [0.25, 0.3) is 0 Å². The van der Waals surface area contributed by atoms with Crippen molar-refractivity contribution in [3.05, 3.63) is 35.4 Å². The van der Waals surface area contributed by atoms with Gasteiger partial charge in [0.05, 0.1) is 5.56 Å². The minimum absolute atomic E-state index is 0.503. The van der Waals surface area contributed by atoms with E-state index in [2.05, 4.69) is 4.90 Å². The zero-order chi connectivity index (χ0) is 13.2. The first-order chi connectivity index (χ1) is 8.50. The Balaban J connectivity index is 2.08. The number of rotatable bonds is 5. The zero-order valence-corrected chi connectivity index (χ0v) is 10.1. The lowest BCUT2D eigenvalue weighted by Gasteiger charge is -2.21. The van der Waals surface area contributed by atoms with Crippen molar-refractivity contribution in [2.75, 3.05) is 13.1 Å². The van der Waals surface area contributed by atoms with E-state index < -0.39 is 11.7 Å². The maximum atomic E-state index is 12.6. The van der Waals surface area contributed by atoms with Crippen molar-refractivity contribution in [3.8, 4) is 0 Å². The van der Waals surface area contributed by atoms with Gasteiger partial charge in [0.15, 0.2) is 0 Å². The maximum absolute atomic E-state index is 12.6. The van der Waals surface area contributed by atoms with Gasteiger partial charge in [-0.05, 0) is 24.5 Å². The van der Waals surface area contributed by atoms with Gasteiger partial charge in [-0.1, -0.05) is 18.2 Å². The SMILES string of the molecule is NCCN(Cc1cccc(C(F)(F)F)c1)C1CC1. The van der Waals surface area contributed by atoms with Crippen LogP contribution in [0.2, 0.25) is 0 Å². The van der Waals surface area contributed by atoms with Crippen LogP contribution in [0.1, 0.15) is 24.0 Å². The van der Waals surface area contributed by atoms with Crippen LogP contribution in [0, 0.1) is 0 Å². The van der Waals surface area contributed by atoms with E-state index in [1.54, 1.807) is 6.07 Å². The van der Waals surface area contributed by atoms with E-state index in [1.807, 2.05) is 0 Å². The van der Waals surface area contributed by atoms with Crippen molar-refractivity contribution < 1.29 is 13.2 Å². The summed E-state index contributed by atoms with van der Waals surface area (Å²) in [6.45, 7) is 1.82. The molecule has 0 amide bonds. The Morgan fingerprint density at radius 3 is 2.56 bits per heavy atom. The average molecular weight is 258 g/mol. The van der Waals surface area contributed by atoms with Crippen LogP contribution in [-0.4, -0.2) is 24.0 Å². The summed E-state index contributed by atoms with van der Waals surface area (Å²) in [5.74, 6) is 0. The van der Waals surface area contributed by atoms with Gasteiger partial charge in [-0.3, -0.25) is 4.90 Å². The highest BCUT2D eigenvalue weighted by Crippen LogP contribution is 2.31. The molecule has 0 spiro atoms. The summed E-state index contributed by atoms with van der Waals surface area (Å²) in [4.78, 5) is 2.16. The number of halogens is 3. The fourth-order valence-corrected chi connectivity index (χ4v) is 2.08. The van der Waals surface area contributed by atoms with E-state index in [0.29, 0.717) is 24.7 Å². The van der Waals surface area contributed by atoms with Gasteiger partial charge in [-0.2, -0.15) is 13.2 Å². The summed E-state index contributed by atoms with van der Waals surface area (Å²) in [6.07, 6.45) is -2.02. The lowest BCUT2D eigenvalue weighted by Crippen LogP contribution is -2.31. The number of nitrogens with two attached hydrogens (primary N) is 1. The number of nitrogens with zero attached hydrogens (tertiary/aromatic N) is 1. The molecule has 0 heterocycles. The van der Waals surface area contributed by atoms with Crippen molar-refractivity contribution >= 4 is 0 Å². The summed E-state index contributed by atoms with van der Waals surface area (Å²) in [7, 11) is 0. The second-order valence-corrected chi connectivity index (χ2v) is 4.69. The molecule has 18 heavy (non-hydrogen) atoms. The Labute approximate surface area is 105 Å². The van der Waals surface area contributed by atoms with Crippen molar-refractivity contribution in [2.24, 2.45) is 5.73 Å². The Morgan fingerprint density at radius 1 is 1.28 bits per heavy atom. The van der Waals surface area contributed by atoms with Gasteiger partial charge in [0.2, 0.25) is 0 Å². The first-order valence-electron chi connectivity index (χ1n) is 6.11. The Kier molecular flexibility index (Phi) is 3.92. The molecule has 1 aromatic rings. The molecule has 1 aliphatic carbocycles. The summed E-state index contributed by atoms with van der Waals surface area (Å²) in [5.41, 5.74) is 5.65. The highest BCUT2D eigenvalue weighted by Gasteiger charge is 2.31. The van der Waals surface area contributed by atoms with Gasteiger partial charge >= 0.3 is 6.18 Å². The second-order valence-electron chi connectivity index (χ2n) is 4.69. The third-order valence-electron chi connectivity index (χ3n) is 3.12. The second kappa shape index (κ2) is 5.28. The van der Waals surface area contributed by atoms with Crippen LogP contribution in [0.15, 0.2) is 24.3 Å². The predicted octanol–water partition coefficient (Wildman–Crippen LogP) is 2.63. The predicted molar refractivity (Wildman–Crippen MR) is 63.9 cm³/mol. The van der Waals surface area contributed by atoms with Crippen molar-refractivity contribution in [2.45, 2.75) is 31.6 Å². The molecule has 5 heteroatoms. The molecule has 1 aromatic carbocycles. The number of alkyl halides is 3. The Morgan fingerprint density at radius 2 is 2.00 bits per heavy atom. The van der Waals surface area contributed by atoms with E-state index in [1.165, 1.54) is 12.1 Å². The highest BCUT2D eigenvalue weighted by atomic mass is 19.4. The molecular formula is C13H17F3N2. The van der Waals surface area contributed by atoms with Gasteiger partial charge in [-0.15, -0.1) is 0 Å². The highest BCUT2D eigenvalue weighted by molar-refractivity contribution is 5.25. The zero-order valence-electron chi connectivity index (χ0n) is 10.1. The molecule has 0 aliphatic heterocycles. The largest absolute Gasteiger partial charge is 0.416 e. The van der Waals surface area contributed by atoms with Crippen LogP contribution in [0.4, 0.5) is 13.2 Å². The van der Waals surface area contributed by atoms with E-state index in [-0.39, 0.29) is 0 Å². The van der Waals surface area contributed by atoms with Crippen LogP contribution < -0.4 is 5.73 Å². The normalized spacial score (nSPS) is 16.3. The molecular weight excluding hydrogens is 241 g/mol. The van der Waals surface area contributed by atoms with Crippen molar-refractivity contribution in [3.63, 3.8) is 0 Å². The smallest absolute Gasteiger partial charge is 0.329 e. The molecule has 0 radical (unpaired) electrons. The monoisotopic (exact) mass is 258 g/mol. The summed E-state index contributed by atoms with van der Waals surface area (Å²) in [5, 5.41) is 0. The van der Waals surface area contributed by atoms with Crippen molar-refractivity contribution in [1.82, 2.24) is 4.90 Å². The average Bonchev–Trinajstić information content (AvgIpc) is 3.11. The van der Waals surface area contributed by atoms with Crippen LogP contribution in [0.5, 0.6) is 0 Å². The van der Waals surface area contributed by atoms with Crippen molar-refractivity contribution in [1.29, 1.82) is 0 Å². The Hall–Kier alpha value is -1.07. The number of hydrogen-bond acceptors (Lipinski definition) is 2. The fourth-order valence-electron chi connectivity index (χ4n) is 2.08.